The van der Waals surface area contributed by atoms with Crippen LogP contribution in [0.2, 0.25) is 0 Å². The molecule has 4 aliphatic rings. The van der Waals surface area contributed by atoms with E-state index in [1.54, 1.807) is 18.5 Å². The van der Waals surface area contributed by atoms with E-state index in [0.29, 0.717) is 23.2 Å². The van der Waals surface area contributed by atoms with Crippen molar-refractivity contribution in [1.29, 1.82) is 0 Å². The first-order valence-corrected chi connectivity index (χ1v) is 11.2. The molecule has 2 aromatic rings. The summed E-state index contributed by atoms with van der Waals surface area (Å²) in [4.78, 5) is 38.0. The lowest BCUT2D eigenvalue weighted by Gasteiger charge is -2.61. The van der Waals surface area contributed by atoms with Gasteiger partial charge in [-0.3, -0.25) is 9.78 Å². The number of nitrogens with one attached hydrogen (secondary N) is 2. The van der Waals surface area contributed by atoms with Crippen molar-refractivity contribution >= 4 is 23.3 Å². The molecule has 2 amide bonds. The Hall–Kier alpha value is -2.55. The summed E-state index contributed by atoms with van der Waals surface area (Å²) >= 11 is 1.48. The summed E-state index contributed by atoms with van der Waals surface area (Å²) in [6.45, 7) is 3.70. The first-order chi connectivity index (χ1) is 14.3. The molecule has 158 valence electrons. The number of aromatic nitrogens is 3. The summed E-state index contributed by atoms with van der Waals surface area (Å²) in [6, 6.07) is 0. The summed E-state index contributed by atoms with van der Waals surface area (Å²) < 4.78 is 5.40. The Labute approximate surface area is 178 Å². The number of ether oxygens (including phenoxy) is 1. The number of aryl methyl sites for hydroxylation is 2. The topological polar surface area (TPSA) is 106 Å². The quantitative estimate of drug-likeness (QED) is 0.776. The zero-order valence-corrected chi connectivity index (χ0v) is 17.9. The second kappa shape index (κ2) is 7.01. The van der Waals surface area contributed by atoms with Crippen LogP contribution >= 0.6 is 11.3 Å². The summed E-state index contributed by atoms with van der Waals surface area (Å²) in [7, 11) is 0. The zero-order chi connectivity index (χ0) is 20.9. The van der Waals surface area contributed by atoms with Crippen LogP contribution in [0.1, 0.15) is 59.7 Å². The third-order valence-electron chi connectivity index (χ3n) is 6.59. The van der Waals surface area contributed by atoms with Crippen molar-refractivity contribution in [2.75, 3.05) is 0 Å². The Balaban J connectivity index is 1.32. The van der Waals surface area contributed by atoms with Gasteiger partial charge >= 0.3 is 6.09 Å². The SMILES string of the molecule is Cc1cncc(OC(=O)NC23CC4CC(C2)CC(NC(=O)c2csc(C)n2)(C4)C3)n1. The van der Waals surface area contributed by atoms with E-state index in [-0.39, 0.29) is 22.9 Å². The number of rotatable bonds is 4. The molecule has 2 heterocycles. The molecule has 0 radical (unpaired) electrons. The largest absolute Gasteiger partial charge is 0.414 e. The van der Waals surface area contributed by atoms with Crippen molar-refractivity contribution in [2.45, 2.75) is 63.5 Å². The highest BCUT2D eigenvalue weighted by molar-refractivity contribution is 7.09. The minimum atomic E-state index is -0.506. The second-order valence-electron chi connectivity index (χ2n) is 9.24. The molecule has 4 aliphatic carbocycles. The minimum Gasteiger partial charge on any atom is -0.390 e. The van der Waals surface area contributed by atoms with Crippen LogP contribution in [0.25, 0.3) is 0 Å². The lowest BCUT2D eigenvalue weighted by molar-refractivity contribution is -0.0450. The lowest BCUT2D eigenvalue weighted by atomic mass is 9.50. The van der Waals surface area contributed by atoms with E-state index in [2.05, 4.69) is 25.6 Å². The number of thiazole rings is 1. The molecule has 0 spiro atoms. The molecule has 0 aliphatic heterocycles. The molecule has 0 aromatic carbocycles. The van der Waals surface area contributed by atoms with E-state index in [1.165, 1.54) is 17.5 Å². The number of carbonyl (C=O) groups excluding carboxylic acids is 2. The van der Waals surface area contributed by atoms with E-state index in [0.717, 1.165) is 43.5 Å². The Morgan fingerprint density at radius 3 is 2.40 bits per heavy atom. The molecule has 0 saturated heterocycles. The monoisotopic (exact) mass is 427 g/mol. The van der Waals surface area contributed by atoms with Crippen molar-refractivity contribution < 1.29 is 14.3 Å². The fourth-order valence-corrected chi connectivity index (χ4v) is 6.75. The molecule has 8 nitrogen and oxygen atoms in total. The van der Waals surface area contributed by atoms with Crippen LogP contribution in [0.4, 0.5) is 4.79 Å². The van der Waals surface area contributed by atoms with Crippen LogP contribution in [0, 0.1) is 25.7 Å². The van der Waals surface area contributed by atoms with E-state index >= 15 is 0 Å². The molecule has 9 heteroatoms. The number of nitrogens with zero attached hydrogens (tertiary/aromatic N) is 3. The molecule has 2 N–H and O–H groups in total. The Morgan fingerprint density at radius 2 is 1.77 bits per heavy atom. The smallest absolute Gasteiger partial charge is 0.390 e. The summed E-state index contributed by atoms with van der Waals surface area (Å²) in [5.74, 6) is 1.05. The first kappa shape index (κ1) is 19.4. The number of hydrogen-bond donors (Lipinski definition) is 2. The van der Waals surface area contributed by atoms with Crippen molar-refractivity contribution in [2.24, 2.45) is 11.8 Å². The first-order valence-electron chi connectivity index (χ1n) is 10.4. The Morgan fingerprint density at radius 1 is 1.07 bits per heavy atom. The van der Waals surface area contributed by atoms with Crippen molar-refractivity contribution in [3.05, 3.63) is 34.2 Å². The van der Waals surface area contributed by atoms with Gasteiger partial charge in [0, 0.05) is 22.7 Å². The molecule has 4 fully saturated rings. The van der Waals surface area contributed by atoms with Gasteiger partial charge < -0.3 is 15.4 Å². The minimum absolute atomic E-state index is 0.117. The maximum absolute atomic E-state index is 12.8. The number of hydrogen-bond acceptors (Lipinski definition) is 7. The zero-order valence-electron chi connectivity index (χ0n) is 17.1. The third kappa shape index (κ3) is 3.66. The highest BCUT2D eigenvalue weighted by Crippen LogP contribution is 2.57. The Kier molecular flexibility index (Phi) is 4.53. The molecule has 4 bridgehead atoms. The number of carbonyl (C=O) groups is 2. The fourth-order valence-electron chi connectivity index (χ4n) is 6.15. The molecule has 6 rings (SSSR count). The van der Waals surface area contributed by atoms with Gasteiger partial charge in [-0.05, 0) is 64.2 Å². The predicted molar refractivity (Wildman–Crippen MR) is 110 cm³/mol. The maximum Gasteiger partial charge on any atom is 0.414 e. The third-order valence-corrected chi connectivity index (χ3v) is 7.36. The van der Waals surface area contributed by atoms with Crippen molar-refractivity contribution in [3.63, 3.8) is 0 Å². The lowest BCUT2D eigenvalue weighted by Crippen LogP contribution is -2.70. The van der Waals surface area contributed by atoms with Crippen LogP contribution < -0.4 is 15.4 Å². The Bertz CT molecular complexity index is 992. The van der Waals surface area contributed by atoms with Crippen LogP contribution in [-0.4, -0.2) is 38.0 Å². The molecule has 4 saturated carbocycles. The summed E-state index contributed by atoms with van der Waals surface area (Å²) in [5, 5.41) is 9.13. The molecular weight excluding hydrogens is 402 g/mol. The molecule has 2 unspecified atom stereocenters. The van der Waals surface area contributed by atoms with E-state index in [9.17, 15) is 9.59 Å². The second-order valence-corrected chi connectivity index (χ2v) is 10.3. The van der Waals surface area contributed by atoms with Gasteiger partial charge in [0.25, 0.3) is 5.91 Å². The van der Waals surface area contributed by atoms with Gasteiger partial charge in [-0.15, -0.1) is 11.3 Å². The molecule has 2 atom stereocenters. The maximum atomic E-state index is 12.8. The van der Waals surface area contributed by atoms with E-state index < -0.39 is 6.09 Å². The molecule has 30 heavy (non-hydrogen) atoms. The van der Waals surface area contributed by atoms with Gasteiger partial charge in [0.2, 0.25) is 5.88 Å². The van der Waals surface area contributed by atoms with Gasteiger partial charge in [0.05, 0.1) is 16.9 Å². The summed E-state index contributed by atoms with van der Waals surface area (Å²) in [6.07, 6.45) is 8.18. The fraction of sp³-hybridized carbons (Fsp3) is 0.571. The average Bonchev–Trinajstić information content (AvgIpc) is 3.06. The van der Waals surface area contributed by atoms with Gasteiger partial charge in [0.15, 0.2) is 0 Å². The van der Waals surface area contributed by atoms with Crippen LogP contribution in [0.3, 0.4) is 0 Å². The highest BCUT2D eigenvalue weighted by atomic mass is 32.1. The molecular formula is C21H25N5O3S. The van der Waals surface area contributed by atoms with Gasteiger partial charge in [-0.1, -0.05) is 0 Å². The van der Waals surface area contributed by atoms with Gasteiger partial charge in [0.1, 0.15) is 5.69 Å². The van der Waals surface area contributed by atoms with Crippen LogP contribution in [-0.2, 0) is 0 Å². The van der Waals surface area contributed by atoms with Gasteiger partial charge in [-0.25, -0.2) is 14.8 Å². The molecule has 2 aromatic heterocycles. The average molecular weight is 428 g/mol. The number of amides is 2. The van der Waals surface area contributed by atoms with Crippen molar-refractivity contribution in [3.8, 4) is 5.88 Å². The van der Waals surface area contributed by atoms with E-state index in [1.807, 2.05) is 6.92 Å². The van der Waals surface area contributed by atoms with Gasteiger partial charge in [-0.2, -0.15) is 0 Å². The van der Waals surface area contributed by atoms with Crippen LogP contribution in [0.5, 0.6) is 5.88 Å². The summed E-state index contributed by atoms with van der Waals surface area (Å²) in [5.41, 5.74) is 0.514. The van der Waals surface area contributed by atoms with Crippen LogP contribution in [0.15, 0.2) is 17.8 Å². The van der Waals surface area contributed by atoms with E-state index in [4.69, 9.17) is 4.74 Å². The van der Waals surface area contributed by atoms with Crippen molar-refractivity contribution in [1.82, 2.24) is 25.6 Å². The predicted octanol–water partition coefficient (Wildman–Crippen LogP) is 3.16. The standard InChI is InChI=1S/C21H25N5O3S/c1-12-8-22-9-17(23-12)29-19(28)26-21-6-14-3-15(7-21)5-20(4-14,11-21)25-18(27)16-10-30-13(2)24-16/h8-10,14-15H,3-7,11H2,1-2H3,(H,25,27)(H,26,28). The highest BCUT2D eigenvalue weighted by Gasteiger charge is 2.59. The normalized spacial score (nSPS) is 31.4.